The van der Waals surface area contributed by atoms with Gasteiger partial charge < -0.3 is 10.1 Å². The lowest BCUT2D eigenvalue weighted by molar-refractivity contribution is -0.123. The van der Waals surface area contributed by atoms with Crippen molar-refractivity contribution in [3.8, 4) is 5.75 Å². The summed E-state index contributed by atoms with van der Waals surface area (Å²) in [5, 5.41) is 3.03. The van der Waals surface area contributed by atoms with Crippen LogP contribution >= 0.6 is 15.9 Å². The molecule has 0 bridgehead atoms. The molecule has 1 fully saturated rings. The Morgan fingerprint density at radius 2 is 1.88 bits per heavy atom. The van der Waals surface area contributed by atoms with Crippen molar-refractivity contribution in [2.24, 2.45) is 0 Å². The molecule has 1 amide bonds. The van der Waals surface area contributed by atoms with Crippen molar-refractivity contribution >= 4 is 21.8 Å². The lowest BCUT2D eigenvalue weighted by Crippen LogP contribution is -2.38. The standard InChI is InChI=1S/C20H23BrN2O2/c21-17-9-6-10-18(13-17)25-15-20(24)22-14-19(23-11-4-5-12-23)16-7-2-1-3-8-16/h1-3,6-10,13,19H,4-5,11-12,14-15H2,(H,22,24)/t19-/m0/s1. The highest BCUT2D eigenvalue weighted by atomic mass is 79.9. The fourth-order valence-electron chi connectivity index (χ4n) is 3.15. The number of rotatable bonds is 7. The van der Waals surface area contributed by atoms with Gasteiger partial charge in [0.25, 0.3) is 5.91 Å². The van der Waals surface area contributed by atoms with Gasteiger partial charge in [0, 0.05) is 11.0 Å². The number of hydrogen-bond donors (Lipinski definition) is 1. The molecular formula is C20H23BrN2O2. The summed E-state index contributed by atoms with van der Waals surface area (Å²) in [4.78, 5) is 14.6. The third kappa shape index (κ3) is 5.31. The van der Waals surface area contributed by atoms with Crippen LogP contribution in [0.1, 0.15) is 24.4 Å². The number of carbonyl (C=O) groups excluding carboxylic acids is 1. The van der Waals surface area contributed by atoms with Crippen LogP contribution in [0.15, 0.2) is 59.1 Å². The summed E-state index contributed by atoms with van der Waals surface area (Å²) in [5.41, 5.74) is 1.25. The molecular weight excluding hydrogens is 380 g/mol. The number of halogens is 1. The SMILES string of the molecule is O=C(COc1cccc(Br)c1)NC[C@@H](c1ccccc1)N1CCCC1. The maximum atomic E-state index is 12.2. The maximum Gasteiger partial charge on any atom is 0.258 e. The van der Waals surface area contributed by atoms with E-state index in [1.54, 1.807) is 0 Å². The molecule has 1 heterocycles. The van der Waals surface area contributed by atoms with Gasteiger partial charge in [-0.2, -0.15) is 0 Å². The molecule has 132 valence electrons. The second-order valence-electron chi connectivity index (χ2n) is 6.22. The average molecular weight is 403 g/mol. The van der Waals surface area contributed by atoms with Crippen LogP contribution in [0.2, 0.25) is 0 Å². The van der Waals surface area contributed by atoms with E-state index in [0.717, 1.165) is 17.6 Å². The summed E-state index contributed by atoms with van der Waals surface area (Å²) in [6.45, 7) is 2.80. The van der Waals surface area contributed by atoms with Crippen molar-refractivity contribution in [1.82, 2.24) is 10.2 Å². The van der Waals surface area contributed by atoms with Crippen LogP contribution in [0.5, 0.6) is 5.75 Å². The van der Waals surface area contributed by atoms with Gasteiger partial charge in [-0.1, -0.05) is 52.3 Å². The Hall–Kier alpha value is -1.85. The summed E-state index contributed by atoms with van der Waals surface area (Å²) in [5.74, 6) is 0.587. The molecule has 0 spiro atoms. The first-order valence-electron chi connectivity index (χ1n) is 8.66. The highest BCUT2D eigenvalue weighted by Gasteiger charge is 2.23. The maximum absolute atomic E-state index is 12.2. The minimum Gasteiger partial charge on any atom is -0.484 e. The van der Waals surface area contributed by atoms with Crippen LogP contribution in [-0.4, -0.2) is 37.0 Å². The van der Waals surface area contributed by atoms with Crippen molar-refractivity contribution in [2.75, 3.05) is 26.2 Å². The third-order valence-corrected chi connectivity index (χ3v) is 4.92. The van der Waals surface area contributed by atoms with Gasteiger partial charge in [0.15, 0.2) is 6.61 Å². The zero-order valence-electron chi connectivity index (χ0n) is 14.2. The number of likely N-dealkylation sites (tertiary alicyclic amines) is 1. The summed E-state index contributed by atoms with van der Waals surface area (Å²) >= 11 is 3.40. The summed E-state index contributed by atoms with van der Waals surface area (Å²) in [6.07, 6.45) is 2.45. The van der Waals surface area contributed by atoms with Crippen molar-refractivity contribution < 1.29 is 9.53 Å². The van der Waals surface area contributed by atoms with Crippen molar-refractivity contribution in [2.45, 2.75) is 18.9 Å². The first-order valence-corrected chi connectivity index (χ1v) is 9.46. The minimum atomic E-state index is -0.0971. The highest BCUT2D eigenvalue weighted by molar-refractivity contribution is 9.10. The van der Waals surface area contributed by atoms with E-state index in [-0.39, 0.29) is 18.6 Å². The Balaban J connectivity index is 1.54. The number of benzene rings is 2. The van der Waals surface area contributed by atoms with Gasteiger partial charge in [0.2, 0.25) is 0 Å². The van der Waals surface area contributed by atoms with Crippen LogP contribution in [0, 0.1) is 0 Å². The van der Waals surface area contributed by atoms with Gasteiger partial charge in [0.05, 0.1) is 6.04 Å². The molecule has 1 atom stereocenters. The minimum absolute atomic E-state index is 0.0258. The molecule has 2 aromatic carbocycles. The number of hydrogen-bond acceptors (Lipinski definition) is 3. The van der Waals surface area contributed by atoms with E-state index in [1.807, 2.05) is 30.3 Å². The van der Waals surface area contributed by atoms with Crippen molar-refractivity contribution in [1.29, 1.82) is 0 Å². The van der Waals surface area contributed by atoms with Gasteiger partial charge in [-0.15, -0.1) is 0 Å². The quantitative estimate of drug-likeness (QED) is 0.765. The molecule has 1 aliphatic rings. The number of ether oxygens (including phenoxy) is 1. The number of carbonyl (C=O) groups is 1. The van der Waals surface area contributed by atoms with Gasteiger partial charge in [-0.05, 0) is 49.7 Å². The third-order valence-electron chi connectivity index (χ3n) is 4.42. The number of nitrogens with zero attached hydrogens (tertiary/aromatic N) is 1. The number of nitrogens with one attached hydrogen (secondary N) is 1. The Morgan fingerprint density at radius 3 is 2.60 bits per heavy atom. The first kappa shape index (κ1) is 18.0. The molecule has 3 rings (SSSR count). The smallest absolute Gasteiger partial charge is 0.258 e. The summed E-state index contributed by atoms with van der Waals surface area (Å²) < 4.78 is 6.49. The van der Waals surface area contributed by atoms with Gasteiger partial charge >= 0.3 is 0 Å². The van der Waals surface area contributed by atoms with Gasteiger partial charge in [0.1, 0.15) is 5.75 Å². The molecule has 5 heteroatoms. The van der Waals surface area contributed by atoms with E-state index in [1.165, 1.54) is 18.4 Å². The first-order chi connectivity index (χ1) is 12.2. The van der Waals surface area contributed by atoms with Crippen LogP contribution < -0.4 is 10.1 Å². The molecule has 0 unspecified atom stereocenters. The van der Waals surface area contributed by atoms with Crippen molar-refractivity contribution in [3.05, 3.63) is 64.6 Å². The normalized spacial score (nSPS) is 15.7. The van der Waals surface area contributed by atoms with Crippen LogP contribution in [0.4, 0.5) is 0 Å². The monoisotopic (exact) mass is 402 g/mol. The molecule has 0 radical (unpaired) electrons. The fourth-order valence-corrected chi connectivity index (χ4v) is 3.53. The van der Waals surface area contributed by atoms with E-state index in [4.69, 9.17) is 4.74 Å². The van der Waals surface area contributed by atoms with Gasteiger partial charge in [-0.3, -0.25) is 9.69 Å². The van der Waals surface area contributed by atoms with Gasteiger partial charge in [-0.25, -0.2) is 0 Å². The Kier molecular flexibility index (Phi) is 6.48. The van der Waals surface area contributed by atoms with E-state index >= 15 is 0 Å². The van der Waals surface area contributed by atoms with Crippen LogP contribution in [0.25, 0.3) is 0 Å². The molecule has 0 aliphatic carbocycles. The molecule has 0 aromatic heterocycles. The van der Waals surface area contributed by atoms with E-state index in [2.05, 4.69) is 50.4 Å². The zero-order chi connectivity index (χ0) is 17.5. The zero-order valence-corrected chi connectivity index (χ0v) is 15.7. The topological polar surface area (TPSA) is 41.6 Å². The Bertz CT molecular complexity index is 687. The van der Waals surface area contributed by atoms with E-state index in [0.29, 0.717) is 12.3 Å². The van der Waals surface area contributed by atoms with Crippen LogP contribution in [-0.2, 0) is 4.79 Å². The molecule has 1 N–H and O–H groups in total. The molecule has 2 aromatic rings. The molecule has 4 nitrogen and oxygen atoms in total. The lowest BCUT2D eigenvalue weighted by Gasteiger charge is -2.28. The summed E-state index contributed by atoms with van der Waals surface area (Å²) in [6, 6.07) is 18.1. The van der Waals surface area contributed by atoms with E-state index in [9.17, 15) is 4.79 Å². The molecule has 0 saturated carbocycles. The fraction of sp³-hybridized carbons (Fsp3) is 0.350. The van der Waals surface area contributed by atoms with Crippen LogP contribution in [0.3, 0.4) is 0 Å². The molecule has 1 aliphatic heterocycles. The van der Waals surface area contributed by atoms with E-state index < -0.39 is 0 Å². The predicted octanol–water partition coefficient (Wildman–Crippen LogP) is 3.78. The summed E-state index contributed by atoms with van der Waals surface area (Å²) in [7, 11) is 0. The Morgan fingerprint density at radius 1 is 1.12 bits per heavy atom. The second kappa shape index (κ2) is 9.02. The second-order valence-corrected chi connectivity index (χ2v) is 7.14. The number of amides is 1. The highest BCUT2D eigenvalue weighted by Crippen LogP contribution is 2.24. The molecule has 25 heavy (non-hydrogen) atoms. The largest absolute Gasteiger partial charge is 0.484 e. The average Bonchev–Trinajstić information content (AvgIpc) is 3.15. The predicted molar refractivity (Wildman–Crippen MR) is 103 cm³/mol. The van der Waals surface area contributed by atoms with Crippen molar-refractivity contribution in [3.63, 3.8) is 0 Å². The lowest BCUT2D eigenvalue weighted by atomic mass is 10.1. The molecule has 1 saturated heterocycles. The Labute approximate surface area is 157 Å².